The normalized spacial score (nSPS) is 17.4. The Bertz CT molecular complexity index is 400. The fraction of sp³-hybridized carbons (Fsp3) is 0.647. The predicted molar refractivity (Wildman–Crippen MR) is 88.0 cm³/mol. The van der Waals surface area contributed by atoms with E-state index < -0.39 is 0 Å². The third-order valence-electron chi connectivity index (χ3n) is 4.00. The minimum atomic E-state index is 0. The molecule has 1 aromatic carbocycles. The van der Waals surface area contributed by atoms with E-state index >= 15 is 0 Å². The molecule has 0 heterocycles. The van der Waals surface area contributed by atoms with Gasteiger partial charge in [0.05, 0.1) is 6.61 Å². The van der Waals surface area contributed by atoms with Crippen LogP contribution >= 0.6 is 12.4 Å². The number of hydrogen-bond acceptors (Lipinski definition) is 2. The van der Waals surface area contributed by atoms with Crippen molar-refractivity contribution in [2.75, 3.05) is 6.61 Å². The first kappa shape index (κ1) is 17.3. The largest absolute Gasteiger partial charge is 0.494 e. The van der Waals surface area contributed by atoms with Crippen LogP contribution in [0.4, 0.5) is 0 Å². The minimum Gasteiger partial charge on any atom is -0.494 e. The van der Waals surface area contributed by atoms with Crippen LogP contribution in [0.15, 0.2) is 18.2 Å². The maximum Gasteiger partial charge on any atom is 0.122 e. The lowest BCUT2D eigenvalue weighted by Crippen LogP contribution is -2.18. The highest BCUT2D eigenvalue weighted by molar-refractivity contribution is 5.85. The van der Waals surface area contributed by atoms with Crippen LogP contribution in [0, 0.1) is 0 Å². The van der Waals surface area contributed by atoms with Crippen LogP contribution in [0.25, 0.3) is 0 Å². The van der Waals surface area contributed by atoms with Gasteiger partial charge in [0.2, 0.25) is 0 Å². The number of benzene rings is 1. The van der Waals surface area contributed by atoms with E-state index in [4.69, 9.17) is 10.5 Å². The first-order chi connectivity index (χ1) is 9.20. The fourth-order valence-corrected chi connectivity index (χ4v) is 3.09. The summed E-state index contributed by atoms with van der Waals surface area (Å²) < 4.78 is 5.72. The van der Waals surface area contributed by atoms with Crippen molar-refractivity contribution in [3.63, 3.8) is 0 Å². The second-order valence-corrected chi connectivity index (χ2v) is 5.82. The molecular formula is C17H28ClNO. The Morgan fingerprint density at radius 3 is 2.55 bits per heavy atom. The average molecular weight is 298 g/mol. The Balaban J connectivity index is 0.00000200. The summed E-state index contributed by atoms with van der Waals surface area (Å²) in [5.41, 5.74) is 8.73. The van der Waals surface area contributed by atoms with E-state index in [-0.39, 0.29) is 18.4 Å². The highest BCUT2D eigenvalue weighted by atomic mass is 35.5. The quantitative estimate of drug-likeness (QED) is 0.872. The van der Waals surface area contributed by atoms with Gasteiger partial charge in [0.15, 0.2) is 0 Å². The summed E-state index contributed by atoms with van der Waals surface area (Å²) in [5, 5.41) is 0. The number of hydrogen-bond donors (Lipinski definition) is 1. The summed E-state index contributed by atoms with van der Waals surface area (Å²) in [7, 11) is 0. The van der Waals surface area contributed by atoms with Gasteiger partial charge in [0, 0.05) is 6.04 Å². The smallest absolute Gasteiger partial charge is 0.122 e. The molecule has 1 aliphatic carbocycles. The van der Waals surface area contributed by atoms with Crippen molar-refractivity contribution in [2.24, 2.45) is 5.73 Å². The lowest BCUT2D eigenvalue weighted by Gasteiger charge is -2.23. The summed E-state index contributed by atoms with van der Waals surface area (Å²) in [5.74, 6) is 1.76. The van der Waals surface area contributed by atoms with E-state index in [1.807, 2.05) is 6.92 Å². The van der Waals surface area contributed by atoms with Crippen LogP contribution in [0.3, 0.4) is 0 Å². The molecule has 1 fully saturated rings. The third kappa shape index (κ3) is 4.68. The van der Waals surface area contributed by atoms with E-state index in [1.54, 1.807) is 0 Å². The van der Waals surface area contributed by atoms with Crippen molar-refractivity contribution in [1.29, 1.82) is 0 Å². The van der Waals surface area contributed by atoms with E-state index in [2.05, 4.69) is 25.1 Å². The van der Waals surface area contributed by atoms with Crippen LogP contribution in [0.2, 0.25) is 0 Å². The van der Waals surface area contributed by atoms with Gasteiger partial charge in [-0.15, -0.1) is 12.4 Å². The Morgan fingerprint density at radius 2 is 1.95 bits per heavy atom. The highest BCUT2D eigenvalue weighted by Crippen LogP contribution is 2.34. The van der Waals surface area contributed by atoms with Crippen molar-refractivity contribution < 1.29 is 4.74 Å². The molecule has 2 nitrogen and oxygen atoms in total. The molecule has 1 saturated carbocycles. The SMILES string of the molecule is CCOc1ccc(C2CCCCC2)cc1CC(C)N.Cl. The molecule has 114 valence electrons. The minimum absolute atomic E-state index is 0. The van der Waals surface area contributed by atoms with Gasteiger partial charge >= 0.3 is 0 Å². The van der Waals surface area contributed by atoms with Crippen LogP contribution in [-0.2, 0) is 6.42 Å². The zero-order valence-electron chi connectivity index (χ0n) is 12.7. The Morgan fingerprint density at radius 1 is 1.25 bits per heavy atom. The first-order valence-electron chi connectivity index (χ1n) is 7.72. The van der Waals surface area contributed by atoms with Crippen molar-refractivity contribution in [1.82, 2.24) is 0 Å². The highest BCUT2D eigenvalue weighted by Gasteiger charge is 2.17. The summed E-state index contributed by atoms with van der Waals surface area (Å²) in [4.78, 5) is 0. The third-order valence-corrected chi connectivity index (χ3v) is 4.00. The van der Waals surface area contributed by atoms with Crippen LogP contribution < -0.4 is 10.5 Å². The Hall–Kier alpha value is -0.730. The topological polar surface area (TPSA) is 35.2 Å². The predicted octanol–water partition coefficient (Wildman–Crippen LogP) is 4.44. The maximum atomic E-state index is 5.96. The molecule has 3 heteroatoms. The molecule has 2 N–H and O–H groups in total. The number of nitrogens with two attached hydrogens (primary N) is 1. The molecule has 20 heavy (non-hydrogen) atoms. The number of ether oxygens (including phenoxy) is 1. The van der Waals surface area contributed by atoms with Gasteiger partial charge in [-0.25, -0.2) is 0 Å². The molecule has 0 radical (unpaired) electrons. The van der Waals surface area contributed by atoms with Gasteiger partial charge in [-0.2, -0.15) is 0 Å². The molecule has 0 saturated heterocycles. The maximum absolute atomic E-state index is 5.96. The summed E-state index contributed by atoms with van der Waals surface area (Å²) in [6.07, 6.45) is 7.73. The van der Waals surface area contributed by atoms with E-state index in [9.17, 15) is 0 Å². The molecule has 0 spiro atoms. The molecule has 0 aliphatic heterocycles. The van der Waals surface area contributed by atoms with Gasteiger partial charge in [0.1, 0.15) is 5.75 Å². The summed E-state index contributed by atoms with van der Waals surface area (Å²) >= 11 is 0. The zero-order chi connectivity index (χ0) is 13.7. The molecule has 1 atom stereocenters. The Kier molecular flexibility index (Phi) is 7.39. The number of halogens is 1. The number of rotatable bonds is 5. The molecule has 1 aromatic rings. The molecule has 0 aromatic heterocycles. The Labute approximate surface area is 129 Å². The van der Waals surface area contributed by atoms with Gasteiger partial charge in [-0.05, 0) is 56.2 Å². The standard InChI is InChI=1S/C17H27NO.ClH/c1-3-19-17-10-9-15(12-16(17)11-13(2)18)14-7-5-4-6-8-14;/h9-10,12-14H,3-8,11,18H2,1-2H3;1H. The van der Waals surface area contributed by atoms with Crippen molar-refractivity contribution in [2.45, 2.75) is 64.3 Å². The van der Waals surface area contributed by atoms with Crippen molar-refractivity contribution >= 4 is 12.4 Å². The molecule has 1 aliphatic rings. The van der Waals surface area contributed by atoms with E-state index in [0.29, 0.717) is 6.61 Å². The lowest BCUT2D eigenvalue weighted by molar-refractivity contribution is 0.335. The zero-order valence-corrected chi connectivity index (χ0v) is 13.5. The molecule has 0 bridgehead atoms. The monoisotopic (exact) mass is 297 g/mol. The summed E-state index contributed by atoms with van der Waals surface area (Å²) in [6.45, 7) is 4.81. The molecular weight excluding hydrogens is 270 g/mol. The first-order valence-corrected chi connectivity index (χ1v) is 7.72. The van der Waals surface area contributed by atoms with Gasteiger partial charge in [-0.1, -0.05) is 31.4 Å². The van der Waals surface area contributed by atoms with Crippen LogP contribution in [-0.4, -0.2) is 12.6 Å². The molecule has 1 unspecified atom stereocenters. The van der Waals surface area contributed by atoms with E-state index in [1.165, 1.54) is 43.2 Å². The second kappa shape index (κ2) is 8.53. The van der Waals surface area contributed by atoms with Crippen molar-refractivity contribution in [3.05, 3.63) is 29.3 Å². The van der Waals surface area contributed by atoms with Crippen LogP contribution in [0.1, 0.15) is 63.0 Å². The fourth-order valence-electron chi connectivity index (χ4n) is 3.09. The lowest BCUT2D eigenvalue weighted by atomic mass is 9.83. The van der Waals surface area contributed by atoms with Crippen LogP contribution in [0.5, 0.6) is 5.75 Å². The van der Waals surface area contributed by atoms with Gasteiger partial charge < -0.3 is 10.5 Å². The van der Waals surface area contributed by atoms with E-state index in [0.717, 1.165) is 18.1 Å². The van der Waals surface area contributed by atoms with Crippen molar-refractivity contribution in [3.8, 4) is 5.75 Å². The average Bonchev–Trinajstić information content (AvgIpc) is 2.41. The molecule has 2 rings (SSSR count). The van der Waals surface area contributed by atoms with Gasteiger partial charge in [0.25, 0.3) is 0 Å². The summed E-state index contributed by atoms with van der Waals surface area (Å²) in [6, 6.07) is 6.92. The van der Waals surface area contributed by atoms with Gasteiger partial charge in [-0.3, -0.25) is 0 Å². The molecule has 0 amide bonds. The second-order valence-electron chi connectivity index (χ2n) is 5.82.